The van der Waals surface area contributed by atoms with Gasteiger partial charge in [0.2, 0.25) is 5.95 Å². The van der Waals surface area contributed by atoms with Crippen LogP contribution in [0.1, 0.15) is 41.9 Å². The Labute approximate surface area is 196 Å². The number of benzene rings is 2. The molecule has 0 aliphatic rings. The molecule has 0 saturated heterocycles. The summed E-state index contributed by atoms with van der Waals surface area (Å²) in [5, 5.41) is 9.78. The summed E-state index contributed by atoms with van der Waals surface area (Å²) in [6.45, 7) is 1.66. The van der Waals surface area contributed by atoms with Gasteiger partial charge in [-0.3, -0.25) is 9.36 Å². The molecule has 0 radical (unpaired) electrons. The van der Waals surface area contributed by atoms with Crippen molar-refractivity contribution < 1.29 is 8.78 Å². The highest BCUT2D eigenvalue weighted by Gasteiger charge is 2.25. The molecule has 0 aliphatic carbocycles. The first-order valence-electron chi connectivity index (χ1n) is 9.54. The predicted octanol–water partition coefficient (Wildman–Crippen LogP) is 5.03. The summed E-state index contributed by atoms with van der Waals surface area (Å²) < 4.78 is 28.1. The van der Waals surface area contributed by atoms with E-state index in [0.717, 1.165) is 16.7 Å². The number of rotatable bonds is 4. The van der Waals surface area contributed by atoms with Gasteiger partial charge in [0, 0.05) is 10.6 Å². The van der Waals surface area contributed by atoms with Gasteiger partial charge in [0.25, 0.3) is 12.0 Å². The highest BCUT2D eigenvalue weighted by atomic mass is 35.5. The lowest BCUT2D eigenvalue weighted by Crippen LogP contribution is -2.26. The van der Waals surface area contributed by atoms with Gasteiger partial charge in [0.1, 0.15) is 11.9 Å². The zero-order chi connectivity index (χ0) is 23.9. The molecule has 0 fully saturated rings. The van der Waals surface area contributed by atoms with E-state index in [-0.39, 0.29) is 49.7 Å². The van der Waals surface area contributed by atoms with Crippen molar-refractivity contribution in [2.45, 2.75) is 19.3 Å². The van der Waals surface area contributed by atoms with E-state index in [2.05, 4.69) is 15.0 Å². The standard InChI is InChI=1S/C22H14Cl2F2N6O/c1-10(18-12(8-27)9-29-22(28)31-18)20-30-16-4-2-3-15(24)17(16)21(33)32(20)14-6-11(19(25)26)5-13(23)7-14/h2-7,9-10,19H,1H3,(H2,28,29,31). The van der Waals surface area contributed by atoms with Crippen molar-refractivity contribution in [3.8, 4) is 11.8 Å². The van der Waals surface area contributed by atoms with Crippen LogP contribution in [0, 0.1) is 11.3 Å². The minimum Gasteiger partial charge on any atom is -0.368 e. The summed E-state index contributed by atoms with van der Waals surface area (Å²) in [6.07, 6.45) is -1.55. The molecule has 33 heavy (non-hydrogen) atoms. The maximum atomic E-state index is 13.6. The maximum Gasteiger partial charge on any atom is 0.267 e. The summed E-state index contributed by atoms with van der Waals surface area (Å²) in [7, 11) is 0. The van der Waals surface area contributed by atoms with Crippen molar-refractivity contribution in [2.24, 2.45) is 0 Å². The van der Waals surface area contributed by atoms with Crippen molar-refractivity contribution in [3.05, 3.63) is 85.6 Å². The average Bonchev–Trinajstić information content (AvgIpc) is 2.77. The molecule has 2 heterocycles. The number of nitriles is 1. The summed E-state index contributed by atoms with van der Waals surface area (Å²) in [5.41, 5.74) is 5.48. The fourth-order valence-electron chi connectivity index (χ4n) is 3.55. The Bertz CT molecular complexity index is 1500. The molecule has 11 heteroatoms. The molecule has 2 aromatic carbocycles. The fraction of sp³-hybridized carbons (Fsp3) is 0.136. The van der Waals surface area contributed by atoms with Crippen LogP contribution in [0.3, 0.4) is 0 Å². The Morgan fingerprint density at radius 3 is 2.64 bits per heavy atom. The third kappa shape index (κ3) is 4.11. The van der Waals surface area contributed by atoms with E-state index in [1.165, 1.54) is 18.3 Å². The van der Waals surface area contributed by atoms with Crippen LogP contribution >= 0.6 is 23.2 Å². The van der Waals surface area contributed by atoms with Crippen LogP contribution in [0.5, 0.6) is 0 Å². The van der Waals surface area contributed by atoms with Crippen molar-refractivity contribution in [1.29, 1.82) is 5.26 Å². The minimum atomic E-state index is -2.82. The first-order chi connectivity index (χ1) is 15.7. The molecule has 0 amide bonds. The van der Waals surface area contributed by atoms with Gasteiger partial charge in [-0.15, -0.1) is 0 Å². The quantitative estimate of drug-likeness (QED) is 0.433. The smallest absolute Gasteiger partial charge is 0.267 e. The molecule has 0 bridgehead atoms. The zero-order valence-corrected chi connectivity index (χ0v) is 18.4. The van der Waals surface area contributed by atoms with Crippen LogP contribution in [-0.4, -0.2) is 19.5 Å². The van der Waals surface area contributed by atoms with E-state index in [1.54, 1.807) is 19.1 Å². The Hall–Kier alpha value is -3.61. The van der Waals surface area contributed by atoms with E-state index in [4.69, 9.17) is 28.9 Å². The number of aromatic nitrogens is 4. The number of alkyl halides is 2. The Kier molecular flexibility index (Phi) is 5.97. The lowest BCUT2D eigenvalue weighted by Gasteiger charge is -2.20. The molecule has 166 valence electrons. The van der Waals surface area contributed by atoms with Gasteiger partial charge in [-0.2, -0.15) is 5.26 Å². The topological polar surface area (TPSA) is 110 Å². The van der Waals surface area contributed by atoms with Gasteiger partial charge >= 0.3 is 0 Å². The van der Waals surface area contributed by atoms with Crippen molar-refractivity contribution >= 4 is 40.1 Å². The molecular weight excluding hydrogens is 473 g/mol. The number of nitrogens with two attached hydrogens (primary N) is 1. The number of fused-ring (bicyclic) bond motifs is 1. The van der Waals surface area contributed by atoms with Gasteiger partial charge < -0.3 is 5.73 Å². The highest BCUT2D eigenvalue weighted by molar-refractivity contribution is 6.35. The Balaban J connectivity index is 2.11. The van der Waals surface area contributed by atoms with E-state index < -0.39 is 17.9 Å². The third-order valence-electron chi connectivity index (χ3n) is 5.04. The summed E-state index contributed by atoms with van der Waals surface area (Å²) in [4.78, 5) is 26.2. The molecule has 4 rings (SSSR count). The number of anilines is 1. The zero-order valence-electron chi connectivity index (χ0n) is 16.9. The molecule has 2 aromatic heterocycles. The third-order valence-corrected chi connectivity index (χ3v) is 5.58. The summed E-state index contributed by atoms with van der Waals surface area (Å²) >= 11 is 12.4. The maximum absolute atomic E-state index is 13.6. The van der Waals surface area contributed by atoms with E-state index >= 15 is 0 Å². The van der Waals surface area contributed by atoms with E-state index in [9.17, 15) is 18.8 Å². The first-order valence-corrected chi connectivity index (χ1v) is 10.3. The van der Waals surface area contributed by atoms with Crippen LogP contribution in [0.2, 0.25) is 10.0 Å². The number of nitrogen functional groups attached to an aromatic ring is 1. The second-order valence-corrected chi connectivity index (χ2v) is 7.99. The van der Waals surface area contributed by atoms with Gasteiger partial charge in [-0.05, 0) is 37.3 Å². The lowest BCUT2D eigenvalue weighted by atomic mass is 10.0. The Morgan fingerprint density at radius 1 is 1.18 bits per heavy atom. The molecule has 7 nitrogen and oxygen atoms in total. The molecular formula is C22H14Cl2F2N6O. The SMILES string of the molecule is CC(c1nc(N)ncc1C#N)c1nc2cccc(Cl)c2c(=O)n1-c1cc(Cl)cc(C(F)F)c1. The number of hydrogen-bond acceptors (Lipinski definition) is 6. The van der Waals surface area contributed by atoms with Gasteiger partial charge in [-0.1, -0.05) is 29.3 Å². The van der Waals surface area contributed by atoms with Crippen molar-refractivity contribution in [1.82, 2.24) is 19.5 Å². The van der Waals surface area contributed by atoms with Gasteiger partial charge in [0.05, 0.1) is 45.0 Å². The minimum absolute atomic E-state index is 0.0107. The molecule has 0 saturated carbocycles. The largest absolute Gasteiger partial charge is 0.368 e. The molecule has 1 unspecified atom stereocenters. The van der Waals surface area contributed by atoms with Crippen LogP contribution < -0.4 is 11.3 Å². The second-order valence-electron chi connectivity index (χ2n) is 7.15. The van der Waals surface area contributed by atoms with Crippen LogP contribution in [0.4, 0.5) is 14.7 Å². The van der Waals surface area contributed by atoms with Crippen molar-refractivity contribution in [3.63, 3.8) is 0 Å². The highest BCUT2D eigenvalue weighted by Crippen LogP contribution is 2.31. The molecule has 2 N–H and O–H groups in total. The normalized spacial score (nSPS) is 12.2. The van der Waals surface area contributed by atoms with Crippen molar-refractivity contribution in [2.75, 3.05) is 5.73 Å². The number of halogens is 4. The van der Waals surface area contributed by atoms with E-state index in [1.807, 2.05) is 6.07 Å². The van der Waals surface area contributed by atoms with E-state index in [0.29, 0.717) is 5.52 Å². The summed E-state index contributed by atoms with van der Waals surface area (Å²) in [5.74, 6) is -0.696. The number of nitrogens with zero attached hydrogens (tertiary/aromatic N) is 5. The van der Waals surface area contributed by atoms with Crippen LogP contribution in [0.15, 0.2) is 47.4 Å². The Morgan fingerprint density at radius 2 is 1.94 bits per heavy atom. The average molecular weight is 487 g/mol. The molecule has 0 aliphatic heterocycles. The fourth-order valence-corrected chi connectivity index (χ4v) is 4.03. The van der Waals surface area contributed by atoms with Crippen LogP contribution in [-0.2, 0) is 0 Å². The summed E-state index contributed by atoms with van der Waals surface area (Å²) in [6, 6.07) is 10.4. The van der Waals surface area contributed by atoms with Gasteiger partial charge in [0.15, 0.2) is 0 Å². The van der Waals surface area contributed by atoms with Gasteiger partial charge in [-0.25, -0.2) is 23.7 Å². The molecule has 1 atom stereocenters. The second kappa shape index (κ2) is 8.73. The number of hydrogen-bond donors (Lipinski definition) is 1. The lowest BCUT2D eigenvalue weighted by molar-refractivity contribution is 0.151. The van der Waals surface area contributed by atoms with Crippen LogP contribution in [0.25, 0.3) is 16.6 Å². The molecule has 0 spiro atoms. The predicted molar refractivity (Wildman–Crippen MR) is 121 cm³/mol. The first kappa shape index (κ1) is 22.6. The molecule has 4 aromatic rings. The monoisotopic (exact) mass is 486 g/mol.